The zero-order valence-corrected chi connectivity index (χ0v) is 15.4. The Morgan fingerprint density at radius 1 is 1.64 bits per heavy atom. The molecule has 0 bridgehead atoms. The standard InChI is InChI=1S/C14H23N5O2.HI/c1-3-21-13(20)11-5-4-8-19(10-11)14(15-2)16-9-12-6-7-17-18-12;/h6-7,11H,3-5,8-10H2,1-2H3,(H,15,16)(H,17,18);1H. The number of carbonyl (C=O) groups excluding carboxylic acids is 1. The number of aromatic nitrogens is 2. The third kappa shape index (κ3) is 5.15. The van der Waals surface area contributed by atoms with Crippen LogP contribution in [0.15, 0.2) is 17.3 Å². The van der Waals surface area contributed by atoms with Crippen molar-refractivity contribution in [3.63, 3.8) is 0 Å². The zero-order valence-electron chi connectivity index (χ0n) is 13.0. The number of halogens is 1. The van der Waals surface area contributed by atoms with Gasteiger partial charge in [0, 0.05) is 26.3 Å². The summed E-state index contributed by atoms with van der Waals surface area (Å²) in [7, 11) is 1.75. The minimum atomic E-state index is -0.105. The van der Waals surface area contributed by atoms with Crippen LogP contribution in [0.4, 0.5) is 0 Å². The number of nitrogens with one attached hydrogen (secondary N) is 2. The molecular formula is C14H24IN5O2. The molecule has 1 aliphatic rings. The van der Waals surface area contributed by atoms with E-state index in [0.29, 0.717) is 19.7 Å². The van der Waals surface area contributed by atoms with Crippen LogP contribution in [-0.4, -0.2) is 53.8 Å². The molecule has 124 valence electrons. The second kappa shape index (κ2) is 9.65. The number of esters is 1. The van der Waals surface area contributed by atoms with E-state index in [2.05, 4.69) is 25.4 Å². The van der Waals surface area contributed by atoms with Crippen LogP contribution in [0, 0.1) is 5.92 Å². The van der Waals surface area contributed by atoms with Crippen molar-refractivity contribution in [2.45, 2.75) is 26.3 Å². The molecule has 2 heterocycles. The highest BCUT2D eigenvalue weighted by molar-refractivity contribution is 14.0. The van der Waals surface area contributed by atoms with E-state index in [1.165, 1.54) is 0 Å². The molecule has 0 saturated carbocycles. The average molecular weight is 421 g/mol. The van der Waals surface area contributed by atoms with Crippen molar-refractivity contribution < 1.29 is 9.53 Å². The Labute approximate surface area is 147 Å². The topological polar surface area (TPSA) is 82.6 Å². The summed E-state index contributed by atoms with van der Waals surface area (Å²) >= 11 is 0. The molecular weight excluding hydrogens is 397 g/mol. The number of hydrogen-bond acceptors (Lipinski definition) is 4. The minimum absolute atomic E-state index is 0. The number of hydrogen-bond donors (Lipinski definition) is 2. The van der Waals surface area contributed by atoms with Gasteiger partial charge in [-0.25, -0.2) is 0 Å². The average Bonchev–Trinajstić information content (AvgIpc) is 3.02. The van der Waals surface area contributed by atoms with Crippen LogP contribution in [0.25, 0.3) is 0 Å². The molecule has 2 N–H and O–H groups in total. The number of ether oxygens (including phenoxy) is 1. The molecule has 1 aliphatic heterocycles. The molecule has 1 saturated heterocycles. The molecule has 0 radical (unpaired) electrons. The van der Waals surface area contributed by atoms with Gasteiger partial charge in [-0.15, -0.1) is 24.0 Å². The number of H-pyrrole nitrogens is 1. The molecule has 8 heteroatoms. The largest absolute Gasteiger partial charge is 0.466 e. The Hall–Kier alpha value is -1.32. The number of rotatable bonds is 4. The van der Waals surface area contributed by atoms with Gasteiger partial charge in [0.2, 0.25) is 0 Å². The number of carbonyl (C=O) groups is 1. The van der Waals surface area contributed by atoms with Crippen LogP contribution >= 0.6 is 24.0 Å². The summed E-state index contributed by atoms with van der Waals surface area (Å²) in [6, 6.07) is 1.91. The molecule has 1 unspecified atom stereocenters. The van der Waals surface area contributed by atoms with Gasteiger partial charge in [0.25, 0.3) is 0 Å². The smallest absolute Gasteiger partial charge is 0.310 e. The highest BCUT2D eigenvalue weighted by atomic mass is 127. The van der Waals surface area contributed by atoms with Crippen molar-refractivity contribution in [2.24, 2.45) is 10.9 Å². The second-order valence-electron chi connectivity index (χ2n) is 5.02. The van der Waals surface area contributed by atoms with E-state index in [0.717, 1.165) is 31.0 Å². The van der Waals surface area contributed by atoms with E-state index in [-0.39, 0.29) is 35.9 Å². The Kier molecular flexibility index (Phi) is 8.21. The summed E-state index contributed by atoms with van der Waals surface area (Å²) in [6.45, 7) is 4.46. The Balaban J connectivity index is 0.00000242. The van der Waals surface area contributed by atoms with Gasteiger partial charge in [0.15, 0.2) is 5.96 Å². The van der Waals surface area contributed by atoms with Crippen molar-refractivity contribution in [2.75, 3.05) is 26.7 Å². The van der Waals surface area contributed by atoms with Crippen molar-refractivity contribution in [1.82, 2.24) is 20.4 Å². The van der Waals surface area contributed by atoms with Crippen LogP contribution in [-0.2, 0) is 16.1 Å². The molecule has 0 spiro atoms. The summed E-state index contributed by atoms with van der Waals surface area (Å²) in [5.41, 5.74) is 0.995. The number of piperidine rings is 1. The lowest BCUT2D eigenvalue weighted by Gasteiger charge is -2.33. The van der Waals surface area contributed by atoms with Gasteiger partial charge in [0.05, 0.1) is 24.8 Å². The fourth-order valence-corrected chi connectivity index (χ4v) is 2.51. The number of nitrogens with zero attached hydrogens (tertiary/aromatic N) is 3. The lowest BCUT2D eigenvalue weighted by Crippen LogP contribution is -2.48. The molecule has 0 aliphatic carbocycles. The van der Waals surface area contributed by atoms with Crippen molar-refractivity contribution in [3.8, 4) is 0 Å². The highest BCUT2D eigenvalue weighted by Gasteiger charge is 2.28. The minimum Gasteiger partial charge on any atom is -0.466 e. The van der Waals surface area contributed by atoms with Gasteiger partial charge in [-0.2, -0.15) is 5.10 Å². The van der Waals surface area contributed by atoms with Gasteiger partial charge in [-0.1, -0.05) is 0 Å². The van der Waals surface area contributed by atoms with E-state index < -0.39 is 0 Å². The van der Waals surface area contributed by atoms with Gasteiger partial charge in [-0.05, 0) is 25.8 Å². The van der Waals surface area contributed by atoms with E-state index in [9.17, 15) is 4.79 Å². The molecule has 22 heavy (non-hydrogen) atoms. The third-order valence-electron chi connectivity index (χ3n) is 3.55. The normalized spacial score (nSPS) is 18.5. The van der Waals surface area contributed by atoms with Crippen molar-refractivity contribution in [3.05, 3.63) is 18.0 Å². The molecule has 1 atom stereocenters. The van der Waals surface area contributed by atoms with Gasteiger partial charge < -0.3 is 15.0 Å². The molecule has 1 fully saturated rings. The predicted molar refractivity (Wildman–Crippen MR) is 95.1 cm³/mol. The Morgan fingerprint density at radius 2 is 2.45 bits per heavy atom. The first-order valence-corrected chi connectivity index (χ1v) is 7.35. The lowest BCUT2D eigenvalue weighted by atomic mass is 9.98. The van der Waals surface area contributed by atoms with E-state index in [1.54, 1.807) is 13.2 Å². The third-order valence-corrected chi connectivity index (χ3v) is 3.55. The van der Waals surface area contributed by atoms with Crippen molar-refractivity contribution in [1.29, 1.82) is 0 Å². The van der Waals surface area contributed by atoms with Crippen LogP contribution in [0.2, 0.25) is 0 Å². The van der Waals surface area contributed by atoms with Gasteiger partial charge >= 0.3 is 5.97 Å². The summed E-state index contributed by atoms with van der Waals surface area (Å²) in [5.74, 6) is 0.634. The summed E-state index contributed by atoms with van der Waals surface area (Å²) in [5, 5.41) is 10.1. The maximum Gasteiger partial charge on any atom is 0.310 e. The number of likely N-dealkylation sites (tertiary alicyclic amines) is 1. The van der Waals surface area contributed by atoms with E-state index in [4.69, 9.17) is 4.74 Å². The predicted octanol–water partition coefficient (Wildman–Crippen LogP) is 1.38. The fraction of sp³-hybridized carbons (Fsp3) is 0.643. The molecule has 0 aromatic carbocycles. The SMILES string of the molecule is CCOC(=O)C1CCCN(C(=NC)NCc2ccn[nH]2)C1.I. The van der Waals surface area contributed by atoms with Crippen molar-refractivity contribution >= 4 is 35.9 Å². The van der Waals surface area contributed by atoms with Crippen LogP contribution in [0.3, 0.4) is 0 Å². The Bertz CT molecular complexity index is 478. The van der Waals surface area contributed by atoms with E-state index >= 15 is 0 Å². The van der Waals surface area contributed by atoms with Gasteiger partial charge in [-0.3, -0.25) is 14.9 Å². The second-order valence-corrected chi connectivity index (χ2v) is 5.02. The molecule has 1 aromatic rings. The maximum absolute atomic E-state index is 11.9. The number of guanidine groups is 1. The van der Waals surface area contributed by atoms with E-state index in [1.807, 2.05) is 13.0 Å². The van der Waals surface area contributed by atoms with Crippen LogP contribution < -0.4 is 5.32 Å². The lowest BCUT2D eigenvalue weighted by molar-refractivity contribution is -0.149. The molecule has 0 amide bonds. The summed E-state index contributed by atoms with van der Waals surface area (Å²) in [4.78, 5) is 18.3. The van der Waals surface area contributed by atoms with Crippen LogP contribution in [0.1, 0.15) is 25.5 Å². The Morgan fingerprint density at radius 3 is 3.09 bits per heavy atom. The first-order valence-electron chi connectivity index (χ1n) is 7.35. The first kappa shape index (κ1) is 18.7. The fourth-order valence-electron chi connectivity index (χ4n) is 2.51. The monoisotopic (exact) mass is 421 g/mol. The molecule has 7 nitrogen and oxygen atoms in total. The molecule has 2 rings (SSSR count). The van der Waals surface area contributed by atoms with Gasteiger partial charge in [0.1, 0.15) is 0 Å². The maximum atomic E-state index is 11.9. The quantitative estimate of drug-likeness (QED) is 0.332. The first-order chi connectivity index (χ1) is 10.2. The molecule has 1 aromatic heterocycles. The summed E-state index contributed by atoms with van der Waals surface area (Å²) < 4.78 is 5.12. The summed E-state index contributed by atoms with van der Waals surface area (Å²) in [6.07, 6.45) is 3.57. The zero-order chi connectivity index (χ0) is 15.1. The number of aliphatic imine (C=N–C) groups is 1. The van der Waals surface area contributed by atoms with Crippen LogP contribution in [0.5, 0.6) is 0 Å². The number of aromatic amines is 1. The highest BCUT2D eigenvalue weighted by Crippen LogP contribution is 2.18.